The molecule has 130 valence electrons. The van der Waals surface area contributed by atoms with Gasteiger partial charge in [0.2, 0.25) is 0 Å². The Morgan fingerprint density at radius 3 is 2.65 bits per heavy atom. The fraction of sp³-hybridized carbons (Fsp3) is 0.588. The van der Waals surface area contributed by atoms with Crippen LogP contribution in [0.15, 0.2) is 29.3 Å². The molecule has 0 radical (unpaired) electrons. The van der Waals surface area contributed by atoms with E-state index in [1.807, 2.05) is 36.0 Å². The third-order valence-electron chi connectivity index (χ3n) is 3.09. The number of ether oxygens (including phenoxy) is 2. The standard InChI is InChI=1S/C17H29N3O2S/c1-4-18-17(20-11-13-23-3)19-10-5-12-22-14-15-6-8-16(21-2)9-7-15/h6-9H,4-5,10-14H2,1-3H3,(H2,18,19,20). The van der Waals surface area contributed by atoms with Crippen LogP contribution in [0.25, 0.3) is 0 Å². The van der Waals surface area contributed by atoms with Crippen molar-refractivity contribution in [2.75, 3.05) is 45.4 Å². The summed E-state index contributed by atoms with van der Waals surface area (Å²) in [6.07, 6.45) is 3.02. The number of methoxy groups -OCH3 is 1. The lowest BCUT2D eigenvalue weighted by atomic mass is 10.2. The molecule has 0 aliphatic heterocycles. The van der Waals surface area contributed by atoms with Crippen LogP contribution < -0.4 is 15.4 Å². The molecular weight excluding hydrogens is 310 g/mol. The average Bonchev–Trinajstić information content (AvgIpc) is 2.58. The summed E-state index contributed by atoms with van der Waals surface area (Å²) in [6.45, 7) is 5.97. The maximum atomic E-state index is 5.68. The summed E-state index contributed by atoms with van der Waals surface area (Å²) >= 11 is 1.82. The predicted molar refractivity (Wildman–Crippen MR) is 99.6 cm³/mol. The highest BCUT2D eigenvalue weighted by Gasteiger charge is 1.97. The summed E-state index contributed by atoms with van der Waals surface area (Å²) in [5.41, 5.74) is 1.15. The highest BCUT2D eigenvalue weighted by atomic mass is 32.2. The smallest absolute Gasteiger partial charge is 0.191 e. The molecule has 0 aliphatic carbocycles. The second-order valence-corrected chi connectivity index (χ2v) is 5.92. The Morgan fingerprint density at radius 1 is 1.22 bits per heavy atom. The van der Waals surface area contributed by atoms with E-state index in [9.17, 15) is 0 Å². The second kappa shape index (κ2) is 13.1. The molecule has 0 saturated heterocycles. The first-order chi connectivity index (χ1) is 11.3. The maximum absolute atomic E-state index is 5.68. The summed E-state index contributed by atoms with van der Waals surface area (Å²) < 4.78 is 10.8. The zero-order valence-corrected chi connectivity index (χ0v) is 15.2. The molecule has 0 saturated carbocycles. The van der Waals surface area contributed by atoms with E-state index < -0.39 is 0 Å². The number of nitrogens with zero attached hydrogens (tertiary/aromatic N) is 1. The lowest BCUT2D eigenvalue weighted by Crippen LogP contribution is -2.38. The summed E-state index contributed by atoms with van der Waals surface area (Å²) in [5.74, 6) is 2.83. The van der Waals surface area contributed by atoms with Crippen molar-refractivity contribution in [2.24, 2.45) is 4.99 Å². The van der Waals surface area contributed by atoms with Crippen molar-refractivity contribution in [2.45, 2.75) is 20.0 Å². The highest BCUT2D eigenvalue weighted by molar-refractivity contribution is 7.98. The van der Waals surface area contributed by atoms with E-state index in [-0.39, 0.29) is 0 Å². The molecule has 0 atom stereocenters. The minimum absolute atomic E-state index is 0.625. The number of rotatable bonds is 11. The first-order valence-corrected chi connectivity index (χ1v) is 9.41. The van der Waals surface area contributed by atoms with E-state index in [0.717, 1.165) is 49.1 Å². The molecule has 5 nitrogen and oxygen atoms in total. The van der Waals surface area contributed by atoms with Crippen LogP contribution in [0, 0.1) is 0 Å². The average molecular weight is 340 g/mol. The van der Waals surface area contributed by atoms with Gasteiger partial charge in [-0.2, -0.15) is 11.8 Å². The van der Waals surface area contributed by atoms with Crippen LogP contribution in [-0.2, 0) is 11.3 Å². The number of thioether (sulfide) groups is 1. The maximum Gasteiger partial charge on any atom is 0.191 e. The third kappa shape index (κ3) is 9.36. The molecule has 0 amide bonds. The zero-order chi connectivity index (χ0) is 16.8. The second-order valence-electron chi connectivity index (χ2n) is 4.93. The van der Waals surface area contributed by atoms with Gasteiger partial charge in [0.25, 0.3) is 0 Å². The Hall–Kier alpha value is -1.40. The van der Waals surface area contributed by atoms with Crippen LogP contribution in [-0.4, -0.2) is 51.3 Å². The van der Waals surface area contributed by atoms with Crippen LogP contribution in [0.1, 0.15) is 18.9 Å². The lowest BCUT2D eigenvalue weighted by molar-refractivity contribution is 0.120. The quantitative estimate of drug-likeness (QED) is 0.369. The van der Waals surface area contributed by atoms with Crippen LogP contribution in [0.5, 0.6) is 5.75 Å². The molecule has 1 aromatic rings. The summed E-state index contributed by atoms with van der Waals surface area (Å²) in [5, 5.41) is 6.56. The largest absolute Gasteiger partial charge is 0.497 e. The zero-order valence-electron chi connectivity index (χ0n) is 14.4. The van der Waals surface area contributed by atoms with Crippen molar-refractivity contribution in [1.82, 2.24) is 10.6 Å². The van der Waals surface area contributed by atoms with Crippen molar-refractivity contribution in [3.8, 4) is 5.75 Å². The van der Waals surface area contributed by atoms with E-state index in [1.165, 1.54) is 0 Å². The van der Waals surface area contributed by atoms with Gasteiger partial charge in [-0.25, -0.2) is 0 Å². The molecule has 0 bridgehead atoms. The van der Waals surface area contributed by atoms with E-state index in [0.29, 0.717) is 13.2 Å². The third-order valence-corrected chi connectivity index (χ3v) is 3.70. The molecule has 0 fully saturated rings. The van der Waals surface area contributed by atoms with Gasteiger partial charge >= 0.3 is 0 Å². The molecule has 1 aromatic carbocycles. The molecule has 2 N–H and O–H groups in total. The van der Waals surface area contributed by atoms with Crippen LogP contribution in [0.3, 0.4) is 0 Å². The number of nitrogens with one attached hydrogen (secondary N) is 2. The molecule has 0 aliphatic rings. The van der Waals surface area contributed by atoms with Gasteiger partial charge < -0.3 is 20.1 Å². The van der Waals surface area contributed by atoms with Crippen LogP contribution in [0.2, 0.25) is 0 Å². The van der Waals surface area contributed by atoms with Crippen molar-refractivity contribution < 1.29 is 9.47 Å². The van der Waals surface area contributed by atoms with Gasteiger partial charge in [0.05, 0.1) is 13.7 Å². The number of guanidine groups is 1. The number of hydrogen-bond acceptors (Lipinski definition) is 4. The van der Waals surface area contributed by atoms with E-state index in [2.05, 4.69) is 28.8 Å². The van der Waals surface area contributed by atoms with Gasteiger partial charge in [-0.05, 0) is 37.3 Å². The summed E-state index contributed by atoms with van der Waals surface area (Å²) in [6, 6.07) is 7.95. The summed E-state index contributed by atoms with van der Waals surface area (Å²) in [4.78, 5) is 4.54. The SMILES string of the molecule is CCNC(=NCCCOCc1ccc(OC)cc1)NCCSC. The Morgan fingerprint density at radius 2 is 2.00 bits per heavy atom. The Labute approximate surface area is 144 Å². The van der Waals surface area contributed by atoms with Crippen molar-refractivity contribution >= 4 is 17.7 Å². The molecular formula is C17H29N3O2S. The minimum atomic E-state index is 0.625. The highest BCUT2D eigenvalue weighted by Crippen LogP contribution is 2.11. The molecule has 6 heteroatoms. The topological polar surface area (TPSA) is 54.9 Å². The first-order valence-electron chi connectivity index (χ1n) is 8.02. The number of aliphatic imine (C=N–C) groups is 1. The van der Waals surface area contributed by atoms with Gasteiger partial charge in [-0.15, -0.1) is 0 Å². The molecule has 0 spiro atoms. The molecule has 0 heterocycles. The van der Waals surface area contributed by atoms with Gasteiger partial charge in [0.15, 0.2) is 5.96 Å². The summed E-state index contributed by atoms with van der Waals surface area (Å²) in [7, 11) is 1.67. The predicted octanol–water partition coefficient (Wildman–Crippen LogP) is 2.52. The minimum Gasteiger partial charge on any atom is -0.497 e. The van der Waals surface area contributed by atoms with Crippen molar-refractivity contribution in [1.29, 1.82) is 0 Å². The number of benzene rings is 1. The number of hydrogen-bond donors (Lipinski definition) is 2. The van der Waals surface area contributed by atoms with Crippen molar-refractivity contribution in [3.05, 3.63) is 29.8 Å². The van der Waals surface area contributed by atoms with Gasteiger partial charge in [-0.3, -0.25) is 4.99 Å². The van der Waals surface area contributed by atoms with Crippen LogP contribution >= 0.6 is 11.8 Å². The molecule has 23 heavy (non-hydrogen) atoms. The van der Waals surface area contributed by atoms with Gasteiger partial charge in [-0.1, -0.05) is 12.1 Å². The molecule has 0 aromatic heterocycles. The van der Waals surface area contributed by atoms with Crippen molar-refractivity contribution in [3.63, 3.8) is 0 Å². The van der Waals surface area contributed by atoms with E-state index >= 15 is 0 Å². The normalized spacial score (nSPS) is 11.3. The van der Waals surface area contributed by atoms with Crippen LogP contribution in [0.4, 0.5) is 0 Å². The Bertz CT molecular complexity index is 438. The first kappa shape index (κ1) is 19.6. The monoisotopic (exact) mass is 339 g/mol. The van der Waals surface area contributed by atoms with Gasteiger partial charge in [0, 0.05) is 32.0 Å². The molecule has 1 rings (SSSR count). The molecule has 0 unspecified atom stereocenters. The Balaban J connectivity index is 2.17. The Kier molecular flexibility index (Phi) is 11.2. The van der Waals surface area contributed by atoms with E-state index in [4.69, 9.17) is 9.47 Å². The lowest BCUT2D eigenvalue weighted by Gasteiger charge is -2.10. The van der Waals surface area contributed by atoms with Gasteiger partial charge in [0.1, 0.15) is 5.75 Å². The van der Waals surface area contributed by atoms with E-state index in [1.54, 1.807) is 7.11 Å². The fourth-order valence-corrected chi connectivity index (χ4v) is 2.19. The fourth-order valence-electron chi connectivity index (χ4n) is 1.88.